The number of anilines is 1. The van der Waals surface area contributed by atoms with Crippen LogP contribution >= 0.6 is 24.8 Å². The molecule has 0 amide bonds. The molecule has 0 bridgehead atoms. The van der Waals surface area contributed by atoms with Crippen LogP contribution in [0.2, 0.25) is 0 Å². The van der Waals surface area contributed by atoms with Gasteiger partial charge in [-0.3, -0.25) is 9.88 Å². The Labute approximate surface area is 151 Å². The molecule has 0 radical (unpaired) electrons. The molecule has 2 aromatic rings. The Balaban J connectivity index is 0.00000132. The van der Waals surface area contributed by atoms with Crippen molar-refractivity contribution in [3.63, 3.8) is 0 Å². The van der Waals surface area contributed by atoms with Gasteiger partial charge in [-0.05, 0) is 31.2 Å². The van der Waals surface area contributed by atoms with Crippen LogP contribution in [-0.4, -0.2) is 42.6 Å². The van der Waals surface area contributed by atoms with Gasteiger partial charge < -0.3 is 4.90 Å². The van der Waals surface area contributed by atoms with E-state index in [0.717, 1.165) is 44.8 Å². The molecule has 2 heterocycles. The van der Waals surface area contributed by atoms with Crippen LogP contribution in [0, 0.1) is 6.92 Å². The predicted molar refractivity (Wildman–Crippen MR) is 102 cm³/mol. The summed E-state index contributed by atoms with van der Waals surface area (Å²) in [5.41, 5.74) is 3.67. The first-order chi connectivity index (χ1) is 10.3. The van der Waals surface area contributed by atoms with E-state index >= 15 is 0 Å². The van der Waals surface area contributed by atoms with E-state index in [1.807, 2.05) is 0 Å². The van der Waals surface area contributed by atoms with Crippen LogP contribution in [0.5, 0.6) is 0 Å². The number of aryl methyl sites for hydroxylation is 1. The number of pyridine rings is 1. The van der Waals surface area contributed by atoms with Gasteiger partial charge in [0.25, 0.3) is 0 Å². The molecule has 126 valence electrons. The highest BCUT2D eigenvalue weighted by atomic mass is 35.5. The molecule has 1 aromatic carbocycles. The Bertz CT molecular complexity index is 569. The number of halogens is 2. The Hall–Kier alpha value is -1.29. The third-order valence-corrected chi connectivity index (χ3v) is 4.12. The molecule has 23 heavy (non-hydrogen) atoms. The van der Waals surface area contributed by atoms with E-state index in [2.05, 4.69) is 70.2 Å². The number of benzene rings is 1. The van der Waals surface area contributed by atoms with Gasteiger partial charge in [0.15, 0.2) is 0 Å². The van der Waals surface area contributed by atoms with E-state index in [-0.39, 0.29) is 24.8 Å². The number of aromatic nitrogens is 1. The van der Waals surface area contributed by atoms with E-state index < -0.39 is 0 Å². The minimum atomic E-state index is 0. The fraction of sp³-hybridized carbons (Fsp3) is 0.389. The second-order valence-corrected chi connectivity index (χ2v) is 5.68. The highest BCUT2D eigenvalue weighted by molar-refractivity contribution is 5.85. The molecule has 1 fully saturated rings. The van der Waals surface area contributed by atoms with Crippen molar-refractivity contribution in [2.24, 2.45) is 0 Å². The van der Waals surface area contributed by atoms with Gasteiger partial charge in [-0.25, -0.2) is 0 Å². The Kier molecular flexibility index (Phi) is 8.38. The lowest BCUT2D eigenvalue weighted by atomic mass is 10.2. The highest BCUT2D eigenvalue weighted by Crippen LogP contribution is 2.15. The van der Waals surface area contributed by atoms with Crippen molar-refractivity contribution >= 4 is 30.5 Å². The van der Waals surface area contributed by atoms with Gasteiger partial charge in [0.2, 0.25) is 0 Å². The minimum absolute atomic E-state index is 0. The van der Waals surface area contributed by atoms with Crippen LogP contribution < -0.4 is 4.90 Å². The van der Waals surface area contributed by atoms with Gasteiger partial charge in [-0.15, -0.1) is 24.8 Å². The van der Waals surface area contributed by atoms with E-state index in [4.69, 9.17) is 0 Å². The quantitative estimate of drug-likeness (QED) is 0.836. The highest BCUT2D eigenvalue weighted by Gasteiger charge is 2.16. The van der Waals surface area contributed by atoms with Crippen molar-refractivity contribution in [3.05, 3.63) is 59.9 Å². The molecule has 0 saturated carbocycles. The maximum atomic E-state index is 4.58. The van der Waals surface area contributed by atoms with Crippen LogP contribution in [0.1, 0.15) is 11.4 Å². The molecule has 0 atom stereocenters. The van der Waals surface area contributed by atoms with Crippen molar-refractivity contribution in [3.8, 4) is 0 Å². The summed E-state index contributed by atoms with van der Waals surface area (Å²) in [7, 11) is 0. The second-order valence-electron chi connectivity index (χ2n) is 5.68. The molecule has 1 aliphatic rings. The van der Waals surface area contributed by atoms with Crippen molar-refractivity contribution in [2.75, 3.05) is 37.6 Å². The molecule has 0 N–H and O–H groups in total. The first-order valence-corrected chi connectivity index (χ1v) is 7.76. The third kappa shape index (κ3) is 5.69. The summed E-state index contributed by atoms with van der Waals surface area (Å²) < 4.78 is 0. The summed E-state index contributed by atoms with van der Waals surface area (Å²) in [5.74, 6) is 0. The van der Waals surface area contributed by atoms with E-state index in [9.17, 15) is 0 Å². The van der Waals surface area contributed by atoms with Gasteiger partial charge in [0, 0.05) is 56.2 Å². The maximum absolute atomic E-state index is 4.58. The summed E-state index contributed by atoms with van der Waals surface area (Å²) in [4.78, 5) is 9.60. The molecule has 1 aliphatic heterocycles. The zero-order valence-electron chi connectivity index (χ0n) is 13.5. The number of hydrogen-bond acceptors (Lipinski definition) is 3. The van der Waals surface area contributed by atoms with Crippen LogP contribution in [-0.2, 0) is 6.42 Å². The van der Waals surface area contributed by atoms with Crippen LogP contribution in [0.4, 0.5) is 5.69 Å². The molecule has 1 saturated heterocycles. The standard InChI is InChI=1S/C18H23N3.2ClH/c1-16-6-5-7-17(19-16)10-11-20-12-14-21(15-13-20)18-8-3-2-4-9-18;;/h2-9H,10-15H2,1H3;2*1H. The van der Waals surface area contributed by atoms with Crippen molar-refractivity contribution < 1.29 is 0 Å². The molecule has 0 aliphatic carbocycles. The van der Waals surface area contributed by atoms with Crippen LogP contribution in [0.3, 0.4) is 0 Å². The molecule has 0 unspecified atom stereocenters. The molecular formula is C18H25Cl2N3. The number of piperazine rings is 1. The van der Waals surface area contributed by atoms with E-state index in [1.54, 1.807) is 0 Å². The largest absolute Gasteiger partial charge is 0.369 e. The van der Waals surface area contributed by atoms with Crippen molar-refractivity contribution in [2.45, 2.75) is 13.3 Å². The van der Waals surface area contributed by atoms with Crippen molar-refractivity contribution in [1.29, 1.82) is 0 Å². The average Bonchev–Trinajstić information content (AvgIpc) is 2.54. The summed E-state index contributed by atoms with van der Waals surface area (Å²) in [5, 5.41) is 0. The van der Waals surface area contributed by atoms with Gasteiger partial charge in [0.1, 0.15) is 0 Å². The topological polar surface area (TPSA) is 19.4 Å². The maximum Gasteiger partial charge on any atom is 0.0419 e. The fourth-order valence-electron chi connectivity index (χ4n) is 2.88. The van der Waals surface area contributed by atoms with Crippen LogP contribution in [0.15, 0.2) is 48.5 Å². The molecular weight excluding hydrogens is 329 g/mol. The Morgan fingerprint density at radius 1 is 0.870 bits per heavy atom. The number of rotatable bonds is 4. The minimum Gasteiger partial charge on any atom is -0.369 e. The number of nitrogens with zero attached hydrogens (tertiary/aromatic N) is 3. The van der Waals surface area contributed by atoms with Gasteiger partial charge in [-0.1, -0.05) is 24.3 Å². The first kappa shape index (κ1) is 19.8. The lowest BCUT2D eigenvalue weighted by Crippen LogP contribution is -2.47. The number of para-hydroxylation sites is 1. The first-order valence-electron chi connectivity index (χ1n) is 7.76. The Morgan fingerprint density at radius 3 is 2.22 bits per heavy atom. The summed E-state index contributed by atoms with van der Waals surface area (Å²) in [6.45, 7) is 7.68. The average molecular weight is 354 g/mol. The van der Waals surface area contributed by atoms with Crippen LogP contribution in [0.25, 0.3) is 0 Å². The summed E-state index contributed by atoms with van der Waals surface area (Å²) in [6, 6.07) is 17.0. The summed E-state index contributed by atoms with van der Waals surface area (Å²) >= 11 is 0. The zero-order chi connectivity index (χ0) is 14.5. The smallest absolute Gasteiger partial charge is 0.0419 e. The monoisotopic (exact) mass is 353 g/mol. The number of hydrogen-bond donors (Lipinski definition) is 0. The zero-order valence-corrected chi connectivity index (χ0v) is 15.2. The molecule has 3 rings (SSSR count). The van der Waals surface area contributed by atoms with E-state index in [1.165, 1.54) is 11.4 Å². The molecule has 1 aromatic heterocycles. The second kappa shape index (κ2) is 9.76. The normalized spacial score (nSPS) is 14.7. The van der Waals surface area contributed by atoms with Crippen molar-refractivity contribution in [1.82, 2.24) is 9.88 Å². The van der Waals surface area contributed by atoms with Gasteiger partial charge in [-0.2, -0.15) is 0 Å². The lowest BCUT2D eigenvalue weighted by Gasteiger charge is -2.36. The molecule has 5 heteroatoms. The SMILES string of the molecule is Cc1cccc(CCN2CCN(c3ccccc3)CC2)n1.Cl.Cl. The Morgan fingerprint density at radius 2 is 1.57 bits per heavy atom. The van der Waals surface area contributed by atoms with Gasteiger partial charge >= 0.3 is 0 Å². The molecule has 0 spiro atoms. The summed E-state index contributed by atoms with van der Waals surface area (Å²) in [6.07, 6.45) is 1.05. The molecule has 3 nitrogen and oxygen atoms in total. The predicted octanol–water partition coefficient (Wildman–Crippen LogP) is 3.60. The van der Waals surface area contributed by atoms with E-state index in [0.29, 0.717) is 0 Å². The lowest BCUT2D eigenvalue weighted by molar-refractivity contribution is 0.260. The fourth-order valence-corrected chi connectivity index (χ4v) is 2.88. The van der Waals surface area contributed by atoms with Gasteiger partial charge in [0.05, 0.1) is 0 Å². The third-order valence-electron chi connectivity index (χ3n) is 4.12.